The fraction of sp³-hybridized carbons (Fsp3) is 0.0526. The summed E-state index contributed by atoms with van der Waals surface area (Å²) in [5.74, 6) is 0.148. The Morgan fingerprint density at radius 1 is 1.08 bits per heavy atom. The maximum atomic E-state index is 14.2. The second-order valence-corrected chi connectivity index (χ2v) is 5.71. The topological polar surface area (TPSA) is 63.2 Å². The molecule has 2 aromatic carbocycles. The third-order valence-electron chi connectivity index (χ3n) is 3.43. The fourth-order valence-corrected chi connectivity index (χ4v) is 2.29. The van der Waals surface area contributed by atoms with Crippen molar-refractivity contribution < 1.29 is 13.9 Å². The first-order valence-electron chi connectivity index (χ1n) is 7.78. The molecule has 3 rings (SSSR count). The van der Waals surface area contributed by atoms with Crippen LogP contribution in [0.15, 0.2) is 66.9 Å². The molecule has 2 amide bonds. The highest BCUT2D eigenvalue weighted by molar-refractivity contribution is 6.29. The van der Waals surface area contributed by atoms with Gasteiger partial charge in [-0.05, 0) is 35.9 Å². The first-order chi connectivity index (χ1) is 12.6. The van der Waals surface area contributed by atoms with E-state index in [4.69, 9.17) is 16.3 Å². The van der Waals surface area contributed by atoms with Crippen LogP contribution in [-0.2, 0) is 6.54 Å². The molecule has 0 bridgehead atoms. The molecule has 1 aromatic heterocycles. The van der Waals surface area contributed by atoms with Gasteiger partial charge in [-0.2, -0.15) is 0 Å². The Labute approximate surface area is 154 Å². The van der Waals surface area contributed by atoms with Gasteiger partial charge in [0.25, 0.3) is 0 Å². The lowest BCUT2D eigenvalue weighted by Gasteiger charge is -2.13. The Hall–Kier alpha value is -3.12. The number of pyridine rings is 1. The van der Waals surface area contributed by atoms with E-state index in [9.17, 15) is 9.18 Å². The molecule has 0 saturated carbocycles. The summed E-state index contributed by atoms with van der Waals surface area (Å²) in [5, 5.41) is 5.48. The Balaban J connectivity index is 1.68. The van der Waals surface area contributed by atoms with E-state index in [-0.39, 0.29) is 18.0 Å². The first kappa shape index (κ1) is 17.7. The number of nitrogens with zero attached hydrogens (tertiary/aromatic N) is 1. The molecule has 0 aliphatic carbocycles. The maximum Gasteiger partial charge on any atom is 0.319 e. The summed E-state index contributed by atoms with van der Waals surface area (Å²) in [6, 6.07) is 16.1. The lowest BCUT2D eigenvalue weighted by molar-refractivity contribution is 0.251. The molecule has 26 heavy (non-hydrogen) atoms. The molecule has 0 aliphatic heterocycles. The number of nitrogens with one attached hydrogen (secondary N) is 2. The van der Waals surface area contributed by atoms with Gasteiger partial charge in [0.2, 0.25) is 0 Å². The quantitative estimate of drug-likeness (QED) is 0.621. The molecule has 5 nitrogen and oxygen atoms in total. The van der Waals surface area contributed by atoms with Crippen molar-refractivity contribution in [2.24, 2.45) is 0 Å². The number of hydrogen-bond acceptors (Lipinski definition) is 3. The van der Waals surface area contributed by atoms with Gasteiger partial charge >= 0.3 is 6.03 Å². The van der Waals surface area contributed by atoms with Crippen LogP contribution >= 0.6 is 11.6 Å². The normalized spacial score (nSPS) is 10.2. The zero-order chi connectivity index (χ0) is 18.4. The number of ether oxygens (including phenoxy) is 1. The molecular formula is C19H15ClFN3O2. The Morgan fingerprint density at radius 3 is 2.62 bits per heavy atom. The zero-order valence-corrected chi connectivity index (χ0v) is 14.3. The maximum absolute atomic E-state index is 14.2. The highest BCUT2D eigenvalue weighted by Gasteiger charge is 2.13. The van der Waals surface area contributed by atoms with Crippen molar-refractivity contribution >= 4 is 23.3 Å². The second kappa shape index (κ2) is 8.31. The van der Waals surface area contributed by atoms with Crippen LogP contribution in [0, 0.1) is 5.82 Å². The van der Waals surface area contributed by atoms with E-state index in [1.165, 1.54) is 12.1 Å². The average Bonchev–Trinajstić information content (AvgIpc) is 2.65. The first-order valence-corrected chi connectivity index (χ1v) is 8.16. The van der Waals surface area contributed by atoms with Gasteiger partial charge in [-0.15, -0.1) is 0 Å². The van der Waals surface area contributed by atoms with Crippen LogP contribution in [0.2, 0.25) is 5.15 Å². The minimum Gasteiger partial charge on any atom is -0.455 e. The van der Waals surface area contributed by atoms with Crippen molar-refractivity contribution in [2.45, 2.75) is 6.54 Å². The van der Waals surface area contributed by atoms with Crippen LogP contribution in [0.25, 0.3) is 0 Å². The molecule has 3 aromatic rings. The SMILES string of the molecule is O=C(NCc1ccc(Cl)nc1)Nc1c(F)cccc1Oc1ccccc1. The van der Waals surface area contributed by atoms with E-state index < -0.39 is 11.8 Å². The number of anilines is 1. The molecule has 0 aliphatic rings. The predicted molar refractivity (Wildman–Crippen MR) is 98.0 cm³/mol. The lowest BCUT2D eigenvalue weighted by atomic mass is 10.2. The van der Waals surface area contributed by atoms with E-state index in [2.05, 4.69) is 15.6 Å². The van der Waals surface area contributed by atoms with Gasteiger partial charge in [0.15, 0.2) is 11.6 Å². The van der Waals surface area contributed by atoms with Gasteiger partial charge in [0, 0.05) is 12.7 Å². The van der Waals surface area contributed by atoms with Gasteiger partial charge in [-0.3, -0.25) is 0 Å². The van der Waals surface area contributed by atoms with Crippen LogP contribution in [0.1, 0.15) is 5.56 Å². The standard InChI is InChI=1S/C19H15ClFN3O2/c20-17-10-9-13(11-22-17)12-23-19(25)24-18-15(21)7-4-8-16(18)26-14-5-2-1-3-6-14/h1-11H,12H2,(H2,23,24,25). The predicted octanol–water partition coefficient (Wildman–Crippen LogP) is 4.99. The van der Waals surface area contributed by atoms with Crippen LogP contribution in [0.3, 0.4) is 0 Å². The summed E-state index contributed by atoms with van der Waals surface area (Å²) < 4.78 is 19.8. The van der Waals surface area contributed by atoms with Gasteiger partial charge in [0.1, 0.15) is 16.6 Å². The summed E-state index contributed by atoms with van der Waals surface area (Å²) in [6.45, 7) is 0.222. The van der Waals surface area contributed by atoms with Crippen molar-refractivity contribution in [3.63, 3.8) is 0 Å². The number of para-hydroxylation sites is 2. The van der Waals surface area contributed by atoms with E-state index in [0.29, 0.717) is 10.9 Å². The number of halogens is 2. The average molecular weight is 372 g/mol. The molecule has 2 N–H and O–H groups in total. The van der Waals surface area contributed by atoms with Crippen molar-refractivity contribution in [2.75, 3.05) is 5.32 Å². The number of carbonyl (C=O) groups excluding carboxylic acids is 1. The molecule has 0 unspecified atom stereocenters. The summed E-state index contributed by atoms with van der Waals surface area (Å²) in [5.41, 5.74) is 0.724. The number of rotatable bonds is 5. The summed E-state index contributed by atoms with van der Waals surface area (Å²) in [6.07, 6.45) is 1.55. The van der Waals surface area contributed by atoms with Gasteiger partial charge in [-0.1, -0.05) is 41.9 Å². The highest BCUT2D eigenvalue weighted by atomic mass is 35.5. The fourth-order valence-electron chi connectivity index (χ4n) is 2.18. The Bertz CT molecular complexity index is 889. The number of hydrogen-bond donors (Lipinski definition) is 2. The van der Waals surface area contributed by atoms with E-state index in [1.54, 1.807) is 48.7 Å². The van der Waals surface area contributed by atoms with Crippen molar-refractivity contribution in [3.8, 4) is 11.5 Å². The van der Waals surface area contributed by atoms with Crippen molar-refractivity contribution in [1.82, 2.24) is 10.3 Å². The van der Waals surface area contributed by atoms with Crippen LogP contribution < -0.4 is 15.4 Å². The molecule has 1 heterocycles. The number of urea groups is 1. The lowest BCUT2D eigenvalue weighted by Crippen LogP contribution is -2.28. The van der Waals surface area contributed by atoms with E-state index in [1.807, 2.05) is 6.07 Å². The number of carbonyl (C=O) groups is 1. The Kier molecular flexibility index (Phi) is 5.66. The van der Waals surface area contributed by atoms with Gasteiger partial charge in [0.05, 0.1) is 0 Å². The molecule has 0 atom stereocenters. The second-order valence-electron chi connectivity index (χ2n) is 5.32. The minimum absolute atomic E-state index is 0.0388. The Morgan fingerprint density at radius 2 is 1.88 bits per heavy atom. The molecule has 0 spiro atoms. The third kappa shape index (κ3) is 4.70. The number of amides is 2. The molecular weight excluding hydrogens is 357 g/mol. The van der Waals surface area contributed by atoms with Gasteiger partial charge < -0.3 is 15.4 Å². The minimum atomic E-state index is -0.596. The number of aromatic nitrogens is 1. The smallest absolute Gasteiger partial charge is 0.319 e. The zero-order valence-electron chi connectivity index (χ0n) is 13.6. The largest absolute Gasteiger partial charge is 0.455 e. The number of benzene rings is 2. The van der Waals surface area contributed by atoms with E-state index in [0.717, 1.165) is 5.56 Å². The van der Waals surface area contributed by atoms with Crippen molar-refractivity contribution in [3.05, 3.63) is 83.4 Å². The molecule has 132 valence electrons. The van der Waals surface area contributed by atoms with Crippen LogP contribution in [0.4, 0.5) is 14.9 Å². The van der Waals surface area contributed by atoms with Gasteiger partial charge in [-0.25, -0.2) is 14.2 Å². The molecule has 7 heteroatoms. The molecule has 0 saturated heterocycles. The summed E-state index contributed by atoms with van der Waals surface area (Å²) >= 11 is 5.72. The third-order valence-corrected chi connectivity index (χ3v) is 3.65. The summed E-state index contributed by atoms with van der Waals surface area (Å²) in [7, 11) is 0. The monoisotopic (exact) mass is 371 g/mol. The summed E-state index contributed by atoms with van der Waals surface area (Å²) in [4.78, 5) is 16.0. The van der Waals surface area contributed by atoms with Crippen molar-refractivity contribution in [1.29, 1.82) is 0 Å². The molecule has 0 radical (unpaired) electrons. The van der Waals surface area contributed by atoms with Crippen LogP contribution in [0.5, 0.6) is 11.5 Å². The van der Waals surface area contributed by atoms with E-state index >= 15 is 0 Å². The molecule has 0 fully saturated rings. The highest BCUT2D eigenvalue weighted by Crippen LogP contribution is 2.31. The van der Waals surface area contributed by atoms with Crippen LogP contribution in [-0.4, -0.2) is 11.0 Å².